The summed E-state index contributed by atoms with van der Waals surface area (Å²) < 4.78 is 52.2. The topological polar surface area (TPSA) is 78.5 Å². The summed E-state index contributed by atoms with van der Waals surface area (Å²) in [6, 6.07) is 2.33. The molecule has 1 atom stereocenters. The third-order valence-electron chi connectivity index (χ3n) is 4.34. The summed E-state index contributed by atoms with van der Waals surface area (Å²) in [6.45, 7) is 5.45. The average molecular weight is 389 g/mol. The first-order chi connectivity index (χ1) is 12.3. The smallest absolute Gasteiger partial charge is 0.240 e. The highest BCUT2D eigenvalue weighted by Crippen LogP contribution is 2.15. The molecule has 1 unspecified atom stereocenters. The van der Waals surface area contributed by atoms with E-state index in [1.807, 2.05) is 0 Å². The van der Waals surface area contributed by atoms with Crippen LogP contribution >= 0.6 is 0 Å². The molecule has 1 fully saturated rings. The molecule has 1 heterocycles. The van der Waals surface area contributed by atoms with Crippen LogP contribution in [-0.2, 0) is 14.8 Å². The van der Waals surface area contributed by atoms with E-state index in [2.05, 4.69) is 21.9 Å². The van der Waals surface area contributed by atoms with Crippen molar-refractivity contribution in [3.8, 4) is 0 Å². The predicted octanol–water partition coefficient (Wildman–Crippen LogP) is 1.48. The van der Waals surface area contributed by atoms with Crippen LogP contribution in [0.4, 0.5) is 8.78 Å². The molecule has 1 aromatic rings. The van der Waals surface area contributed by atoms with Crippen LogP contribution in [0.3, 0.4) is 0 Å². The fourth-order valence-electron chi connectivity index (χ4n) is 2.96. The van der Waals surface area contributed by atoms with E-state index in [4.69, 9.17) is 0 Å². The highest BCUT2D eigenvalue weighted by Gasteiger charge is 2.17. The van der Waals surface area contributed by atoms with Gasteiger partial charge in [-0.3, -0.25) is 4.79 Å². The fraction of sp³-hybridized carbons (Fsp3) is 0.588. The lowest BCUT2D eigenvalue weighted by Gasteiger charge is -2.30. The summed E-state index contributed by atoms with van der Waals surface area (Å²) in [6.07, 6.45) is 2.38. The number of nitrogens with one attached hydrogen (secondary N) is 2. The van der Waals surface area contributed by atoms with Gasteiger partial charge in [0.05, 0.1) is 4.90 Å². The molecule has 1 aromatic carbocycles. The van der Waals surface area contributed by atoms with Crippen LogP contribution in [0, 0.1) is 17.6 Å². The molecule has 6 nitrogen and oxygen atoms in total. The second kappa shape index (κ2) is 9.38. The summed E-state index contributed by atoms with van der Waals surface area (Å²) >= 11 is 0. The second-order valence-electron chi connectivity index (χ2n) is 6.62. The summed E-state index contributed by atoms with van der Waals surface area (Å²) in [5, 5.41) is 2.76. The normalized spacial score (nSPS) is 18.7. The van der Waals surface area contributed by atoms with Crippen LogP contribution in [0.5, 0.6) is 0 Å². The van der Waals surface area contributed by atoms with Gasteiger partial charge in [-0.2, -0.15) is 0 Å². The first kappa shape index (κ1) is 20.7. The van der Waals surface area contributed by atoms with E-state index in [1.165, 1.54) is 12.8 Å². The number of benzene rings is 1. The molecule has 0 aromatic heterocycles. The predicted molar refractivity (Wildman–Crippen MR) is 94.0 cm³/mol. The zero-order valence-corrected chi connectivity index (χ0v) is 15.6. The number of amides is 1. The lowest BCUT2D eigenvalue weighted by atomic mass is 10.0. The van der Waals surface area contributed by atoms with E-state index in [0.29, 0.717) is 18.5 Å². The molecule has 0 spiro atoms. The van der Waals surface area contributed by atoms with Crippen molar-refractivity contribution in [2.24, 2.45) is 5.92 Å². The van der Waals surface area contributed by atoms with Gasteiger partial charge in [0.2, 0.25) is 15.9 Å². The minimum Gasteiger partial charge on any atom is -0.355 e. The number of rotatable bonds is 8. The molecule has 1 saturated heterocycles. The van der Waals surface area contributed by atoms with Crippen LogP contribution in [-0.4, -0.2) is 51.9 Å². The SMILES string of the molecule is CC1CCCN(CCNC(=O)CCNS(=O)(=O)c2ccc(F)c(F)c2)C1. The van der Waals surface area contributed by atoms with Crippen molar-refractivity contribution < 1.29 is 22.0 Å². The van der Waals surface area contributed by atoms with Gasteiger partial charge < -0.3 is 10.2 Å². The van der Waals surface area contributed by atoms with E-state index >= 15 is 0 Å². The van der Waals surface area contributed by atoms with E-state index in [-0.39, 0.29) is 23.8 Å². The quantitative estimate of drug-likeness (QED) is 0.706. The third-order valence-corrected chi connectivity index (χ3v) is 5.80. The fourth-order valence-corrected chi connectivity index (χ4v) is 4.00. The number of piperidine rings is 1. The highest BCUT2D eigenvalue weighted by atomic mass is 32.2. The Bertz CT molecular complexity index is 728. The average Bonchev–Trinajstić information content (AvgIpc) is 2.57. The van der Waals surface area contributed by atoms with Crippen molar-refractivity contribution in [3.63, 3.8) is 0 Å². The van der Waals surface area contributed by atoms with E-state index in [1.54, 1.807) is 0 Å². The Hall–Kier alpha value is -1.58. The number of hydrogen-bond donors (Lipinski definition) is 2. The van der Waals surface area contributed by atoms with Crippen LogP contribution in [0.1, 0.15) is 26.2 Å². The Morgan fingerprint density at radius 2 is 2.04 bits per heavy atom. The molecule has 9 heteroatoms. The lowest BCUT2D eigenvalue weighted by Crippen LogP contribution is -2.40. The molecule has 0 saturated carbocycles. The zero-order valence-electron chi connectivity index (χ0n) is 14.8. The van der Waals surface area contributed by atoms with Gasteiger partial charge in [0.1, 0.15) is 0 Å². The monoisotopic (exact) mass is 389 g/mol. The molecule has 2 N–H and O–H groups in total. The maximum Gasteiger partial charge on any atom is 0.240 e. The van der Waals surface area contributed by atoms with Gasteiger partial charge in [-0.25, -0.2) is 21.9 Å². The summed E-state index contributed by atoms with van der Waals surface area (Å²) in [4.78, 5) is 13.7. The van der Waals surface area contributed by atoms with Gasteiger partial charge in [0, 0.05) is 32.6 Å². The summed E-state index contributed by atoms with van der Waals surface area (Å²) in [7, 11) is -3.98. The van der Waals surface area contributed by atoms with E-state index in [0.717, 1.165) is 31.8 Å². The van der Waals surface area contributed by atoms with Gasteiger partial charge in [0.25, 0.3) is 0 Å². The summed E-state index contributed by atoms with van der Waals surface area (Å²) in [5.74, 6) is -1.95. The molecule has 26 heavy (non-hydrogen) atoms. The van der Waals surface area contributed by atoms with Crippen LogP contribution in [0.25, 0.3) is 0 Å². The molecule has 0 aliphatic carbocycles. The maximum atomic E-state index is 13.1. The van der Waals surface area contributed by atoms with Crippen molar-refractivity contribution >= 4 is 15.9 Å². The maximum absolute atomic E-state index is 13.1. The van der Waals surface area contributed by atoms with Gasteiger partial charge in [-0.15, -0.1) is 0 Å². The van der Waals surface area contributed by atoms with Crippen molar-refractivity contribution in [2.45, 2.75) is 31.1 Å². The van der Waals surface area contributed by atoms with E-state index in [9.17, 15) is 22.0 Å². The van der Waals surface area contributed by atoms with Gasteiger partial charge >= 0.3 is 0 Å². The second-order valence-corrected chi connectivity index (χ2v) is 8.39. The van der Waals surface area contributed by atoms with E-state index < -0.39 is 21.7 Å². The first-order valence-corrected chi connectivity index (χ1v) is 10.2. The third kappa shape index (κ3) is 6.30. The number of likely N-dealkylation sites (tertiary alicyclic amines) is 1. The minimum absolute atomic E-state index is 0.0285. The van der Waals surface area contributed by atoms with Gasteiger partial charge in [0.15, 0.2) is 11.6 Å². The Morgan fingerprint density at radius 3 is 2.73 bits per heavy atom. The van der Waals surface area contributed by atoms with Crippen molar-refractivity contribution in [2.75, 3.05) is 32.7 Å². The number of carbonyl (C=O) groups is 1. The lowest BCUT2D eigenvalue weighted by molar-refractivity contribution is -0.121. The number of nitrogens with zero attached hydrogens (tertiary/aromatic N) is 1. The Morgan fingerprint density at radius 1 is 1.27 bits per heavy atom. The molecule has 2 rings (SSSR count). The molecule has 1 aliphatic heterocycles. The Labute approximate surface area is 153 Å². The molecule has 0 bridgehead atoms. The molecule has 1 amide bonds. The Balaban J connectivity index is 1.69. The van der Waals surface area contributed by atoms with Gasteiger partial charge in [-0.1, -0.05) is 6.92 Å². The number of hydrogen-bond acceptors (Lipinski definition) is 4. The van der Waals surface area contributed by atoms with Gasteiger partial charge in [-0.05, 0) is 43.5 Å². The first-order valence-electron chi connectivity index (χ1n) is 8.71. The highest BCUT2D eigenvalue weighted by molar-refractivity contribution is 7.89. The van der Waals surface area contributed by atoms with Crippen molar-refractivity contribution in [3.05, 3.63) is 29.8 Å². The molecule has 0 radical (unpaired) electrons. The Kier molecular flexibility index (Phi) is 7.48. The molecule has 146 valence electrons. The molecule has 1 aliphatic rings. The standard InChI is InChI=1S/C17H25F2N3O3S/c1-13-3-2-9-22(12-13)10-8-20-17(23)6-7-21-26(24,25)14-4-5-15(18)16(19)11-14/h4-5,11,13,21H,2-3,6-10,12H2,1H3,(H,20,23). The molecular formula is C17H25F2N3O3S. The molecular weight excluding hydrogens is 364 g/mol. The van der Waals surface area contributed by atoms with Crippen LogP contribution in [0.15, 0.2) is 23.1 Å². The van der Waals surface area contributed by atoms with Crippen molar-refractivity contribution in [1.29, 1.82) is 0 Å². The summed E-state index contributed by atoms with van der Waals surface area (Å²) in [5.41, 5.74) is 0. The van der Waals surface area contributed by atoms with Crippen LogP contribution in [0.2, 0.25) is 0 Å². The zero-order chi connectivity index (χ0) is 19.2. The number of carbonyl (C=O) groups excluding carboxylic acids is 1. The number of sulfonamides is 1. The minimum atomic E-state index is -3.98. The van der Waals surface area contributed by atoms with Crippen molar-refractivity contribution in [1.82, 2.24) is 14.9 Å². The number of halogens is 2. The largest absolute Gasteiger partial charge is 0.355 e. The van der Waals surface area contributed by atoms with Crippen LogP contribution < -0.4 is 10.0 Å².